The molecule has 0 N–H and O–H groups in total. The molecule has 1 aromatic rings. The molecule has 0 bridgehead atoms. The molecule has 0 aromatic heterocycles. The highest BCUT2D eigenvalue weighted by Crippen LogP contribution is 2.42. The van der Waals surface area contributed by atoms with Crippen LogP contribution in [0.1, 0.15) is 30.4 Å². The zero-order valence-electron chi connectivity index (χ0n) is 14.5. The summed E-state index contributed by atoms with van der Waals surface area (Å²) in [5.74, 6) is -0.123. The molecule has 0 radical (unpaired) electrons. The summed E-state index contributed by atoms with van der Waals surface area (Å²) in [7, 11) is 1.70. The molecule has 4 nitrogen and oxygen atoms in total. The van der Waals surface area contributed by atoms with E-state index >= 15 is 0 Å². The first-order chi connectivity index (χ1) is 11.5. The van der Waals surface area contributed by atoms with Crippen molar-refractivity contribution in [1.82, 2.24) is 4.90 Å². The van der Waals surface area contributed by atoms with Crippen molar-refractivity contribution in [2.24, 2.45) is 5.41 Å². The quantitative estimate of drug-likeness (QED) is 0.849. The lowest BCUT2D eigenvalue weighted by molar-refractivity contribution is -0.132. The minimum absolute atomic E-state index is 0.131. The predicted molar refractivity (Wildman–Crippen MR) is 89.3 cm³/mol. The van der Waals surface area contributed by atoms with E-state index in [0.29, 0.717) is 13.0 Å². The number of carbonyl (C=O) groups is 1. The number of benzene rings is 1. The fourth-order valence-corrected chi connectivity index (χ4v) is 3.90. The number of hydrogen-bond acceptors (Lipinski definition) is 3. The van der Waals surface area contributed by atoms with E-state index < -0.39 is 0 Å². The van der Waals surface area contributed by atoms with Crippen molar-refractivity contribution < 1.29 is 18.7 Å². The van der Waals surface area contributed by atoms with Gasteiger partial charge >= 0.3 is 0 Å². The van der Waals surface area contributed by atoms with Crippen LogP contribution in [0.25, 0.3) is 0 Å². The minimum atomic E-state index is -0.254. The largest absolute Gasteiger partial charge is 0.382 e. The molecule has 1 atom stereocenters. The third-order valence-electron chi connectivity index (χ3n) is 5.46. The van der Waals surface area contributed by atoms with Gasteiger partial charge in [0, 0.05) is 20.2 Å². The van der Waals surface area contributed by atoms with Gasteiger partial charge in [-0.2, -0.15) is 0 Å². The van der Waals surface area contributed by atoms with E-state index in [-0.39, 0.29) is 23.2 Å². The van der Waals surface area contributed by atoms with Crippen molar-refractivity contribution in [1.29, 1.82) is 0 Å². The Hall–Kier alpha value is -1.46. The number of aryl methyl sites for hydroxylation is 1. The second-order valence-electron chi connectivity index (χ2n) is 7.22. The number of nitrogens with zero attached hydrogens (tertiary/aromatic N) is 1. The van der Waals surface area contributed by atoms with Crippen LogP contribution in [0.4, 0.5) is 4.39 Å². The molecule has 0 unspecified atom stereocenters. The van der Waals surface area contributed by atoms with Crippen LogP contribution in [0.2, 0.25) is 0 Å². The predicted octanol–water partition coefficient (Wildman–Crippen LogP) is 2.72. The monoisotopic (exact) mass is 335 g/mol. The van der Waals surface area contributed by atoms with E-state index in [4.69, 9.17) is 9.47 Å². The standard InChI is InChI=1S/C19H26FNO3/c1-14-9-16(20)4-3-15(14)10-18(22)21-7-5-19(6-8-21)11-17(12-23-2)24-13-19/h3-4,9,17H,5-8,10-13H2,1-2H3/t17-/m0/s1. The highest BCUT2D eigenvalue weighted by atomic mass is 19.1. The number of rotatable bonds is 4. The van der Waals surface area contributed by atoms with Gasteiger partial charge in [-0.15, -0.1) is 0 Å². The molecular weight excluding hydrogens is 309 g/mol. The van der Waals surface area contributed by atoms with Crippen LogP contribution in [-0.4, -0.2) is 50.3 Å². The van der Waals surface area contributed by atoms with Crippen LogP contribution in [0.3, 0.4) is 0 Å². The Bertz CT molecular complexity index is 596. The van der Waals surface area contributed by atoms with Gasteiger partial charge in [0.15, 0.2) is 0 Å². The number of halogens is 1. The Balaban J connectivity index is 1.54. The number of amides is 1. The molecule has 2 saturated heterocycles. The van der Waals surface area contributed by atoms with Crippen LogP contribution in [0, 0.1) is 18.2 Å². The number of piperidine rings is 1. The van der Waals surface area contributed by atoms with Crippen LogP contribution in [-0.2, 0) is 20.7 Å². The molecule has 2 aliphatic heterocycles. The summed E-state index contributed by atoms with van der Waals surface area (Å²) < 4.78 is 24.2. The van der Waals surface area contributed by atoms with Crippen molar-refractivity contribution in [3.63, 3.8) is 0 Å². The van der Waals surface area contributed by atoms with Gasteiger partial charge in [0.05, 0.1) is 25.7 Å². The van der Waals surface area contributed by atoms with E-state index in [1.807, 2.05) is 11.8 Å². The average molecular weight is 335 g/mol. The van der Waals surface area contributed by atoms with Crippen LogP contribution in [0.5, 0.6) is 0 Å². The summed E-state index contributed by atoms with van der Waals surface area (Å²) in [5, 5.41) is 0. The number of methoxy groups -OCH3 is 1. The number of carbonyl (C=O) groups excluding carboxylic acids is 1. The Morgan fingerprint density at radius 1 is 1.42 bits per heavy atom. The van der Waals surface area contributed by atoms with E-state index in [1.54, 1.807) is 13.2 Å². The molecule has 24 heavy (non-hydrogen) atoms. The van der Waals surface area contributed by atoms with Gasteiger partial charge in [-0.05, 0) is 54.9 Å². The second kappa shape index (κ2) is 7.19. The van der Waals surface area contributed by atoms with Gasteiger partial charge in [-0.25, -0.2) is 4.39 Å². The highest BCUT2D eigenvalue weighted by molar-refractivity contribution is 5.79. The second-order valence-corrected chi connectivity index (χ2v) is 7.22. The summed E-state index contributed by atoms with van der Waals surface area (Å²) in [6, 6.07) is 4.63. The minimum Gasteiger partial charge on any atom is -0.382 e. The zero-order chi connectivity index (χ0) is 17.2. The van der Waals surface area contributed by atoms with Crippen molar-refractivity contribution in [2.75, 3.05) is 33.4 Å². The lowest BCUT2D eigenvalue weighted by Gasteiger charge is -2.38. The Morgan fingerprint density at radius 2 is 2.17 bits per heavy atom. The van der Waals surface area contributed by atoms with Gasteiger partial charge in [0.25, 0.3) is 0 Å². The maximum atomic E-state index is 13.2. The van der Waals surface area contributed by atoms with Gasteiger partial charge in [-0.3, -0.25) is 4.79 Å². The van der Waals surface area contributed by atoms with E-state index in [1.165, 1.54) is 12.1 Å². The number of ether oxygens (including phenoxy) is 2. The summed E-state index contributed by atoms with van der Waals surface area (Å²) in [6.07, 6.45) is 3.55. The number of hydrogen-bond donors (Lipinski definition) is 0. The maximum Gasteiger partial charge on any atom is 0.226 e. The van der Waals surface area contributed by atoms with Crippen molar-refractivity contribution in [3.8, 4) is 0 Å². The average Bonchev–Trinajstić information content (AvgIpc) is 2.94. The number of likely N-dealkylation sites (tertiary alicyclic amines) is 1. The Labute approximate surface area is 142 Å². The molecule has 3 rings (SSSR count). The SMILES string of the molecule is COC[C@@H]1CC2(CCN(C(=O)Cc3ccc(F)cc3C)CC2)CO1. The normalized spacial score (nSPS) is 23.0. The molecule has 2 fully saturated rings. The molecule has 0 aliphatic carbocycles. The van der Waals surface area contributed by atoms with Crippen molar-refractivity contribution in [2.45, 2.75) is 38.7 Å². The van der Waals surface area contributed by atoms with Crippen molar-refractivity contribution >= 4 is 5.91 Å². The van der Waals surface area contributed by atoms with Gasteiger partial charge in [0.2, 0.25) is 5.91 Å². The van der Waals surface area contributed by atoms with Crippen molar-refractivity contribution in [3.05, 3.63) is 35.1 Å². The summed E-state index contributed by atoms with van der Waals surface area (Å²) in [6.45, 7) is 4.83. The molecule has 2 aliphatic rings. The molecule has 0 saturated carbocycles. The fraction of sp³-hybridized carbons (Fsp3) is 0.632. The first-order valence-corrected chi connectivity index (χ1v) is 8.65. The first kappa shape index (κ1) is 17.4. The summed E-state index contributed by atoms with van der Waals surface area (Å²) in [5.41, 5.74) is 1.96. The van der Waals surface area contributed by atoms with Gasteiger partial charge in [0.1, 0.15) is 5.82 Å². The van der Waals surface area contributed by atoms with E-state index in [9.17, 15) is 9.18 Å². The Kier molecular flexibility index (Phi) is 5.21. The third-order valence-corrected chi connectivity index (χ3v) is 5.46. The first-order valence-electron chi connectivity index (χ1n) is 8.65. The van der Waals surface area contributed by atoms with Gasteiger partial charge in [-0.1, -0.05) is 6.07 Å². The topological polar surface area (TPSA) is 38.8 Å². The molecule has 132 valence electrons. The van der Waals surface area contributed by atoms with E-state index in [2.05, 4.69) is 0 Å². The third kappa shape index (κ3) is 3.78. The van der Waals surface area contributed by atoms with Crippen LogP contribution < -0.4 is 0 Å². The van der Waals surface area contributed by atoms with E-state index in [0.717, 1.165) is 50.1 Å². The van der Waals surface area contributed by atoms with Crippen LogP contribution >= 0.6 is 0 Å². The molecule has 1 aromatic carbocycles. The maximum absolute atomic E-state index is 13.2. The molecule has 1 amide bonds. The molecule has 5 heteroatoms. The lowest BCUT2D eigenvalue weighted by atomic mass is 9.76. The molecule has 1 spiro atoms. The molecular formula is C19H26FNO3. The fourth-order valence-electron chi connectivity index (χ4n) is 3.90. The smallest absolute Gasteiger partial charge is 0.226 e. The highest BCUT2D eigenvalue weighted by Gasteiger charge is 2.42. The summed E-state index contributed by atoms with van der Waals surface area (Å²) >= 11 is 0. The molecule has 2 heterocycles. The summed E-state index contributed by atoms with van der Waals surface area (Å²) in [4.78, 5) is 14.5. The van der Waals surface area contributed by atoms with Gasteiger partial charge < -0.3 is 14.4 Å². The Morgan fingerprint density at radius 3 is 2.83 bits per heavy atom. The lowest BCUT2D eigenvalue weighted by Crippen LogP contribution is -2.44. The van der Waals surface area contributed by atoms with Crippen LogP contribution in [0.15, 0.2) is 18.2 Å². The zero-order valence-corrected chi connectivity index (χ0v) is 14.5.